The zero-order valence-corrected chi connectivity index (χ0v) is 7.44. The van der Waals surface area contributed by atoms with Crippen LogP contribution >= 0.6 is 0 Å². The average Bonchev–Trinajstić information content (AvgIpc) is 2.22. The monoisotopic (exact) mass is 212 g/mol. The molecule has 0 bridgehead atoms. The molecule has 14 heavy (non-hydrogen) atoms. The highest BCUT2D eigenvalue weighted by Crippen LogP contribution is 1.89. The van der Waals surface area contributed by atoms with Crippen LogP contribution in [0.5, 0.6) is 0 Å². The van der Waals surface area contributed by atoms with Gasteiger partial charge in [-0.1, -0.05) is 0 Å². The van der Waals surface area contributed by atoms with Crippen molar-refractivity contribution in [2.45, 2.75) is 12.2 Å². The van der Waals surface area contributed by atoms with E-state index < -0.39 is 38.6 Å². The van der Waals surface area contributed by atoms with Gasteiger partial charge in [-0.25, -0.2) is 0 Å². The molecular weight excluding hydrogens is 198 g/mol. The second kappa shape index (κ2) is 7.44. The zero-order chi connectivity index (χ0) is 11.0. The molecule has 0 fully saturated rings. The minimum atomic E-state index is -1.17. The Hall–Kier alpha value is -0.960. The maximum Gasteiger partial charge on any atom is 0.477 e. The molecule has 8 nitrogen and oxygen atoms in total. The molecule has 2 atom stereocenters. The first-order chi connectivity index (χ1) is 6.60. The molecule has 0 saturated heterocycles. The van der Waals surface area contributed by atoms with Crippen molar-refractivity contribution in [2.24, 2.45) is 0 Å². The van der Waals surface area contributed by atoms with Gasteiger partial charge in [0.1, 0.15) is 17.1 Å². The van der Waals surface area contributed by atoms with Crippen LogP contribution in [0.25, 0.3) is 0 Å². The molecule has 0 aromatic heterocycles. The molecule has 0 spiro atoms. The van der Waals surface area contributed by atoms with Crippen molar-refractivity contribution < 1.29 is 35.2 Å². The fraction of sp³-hybridized carbons (Fsp3) is 1.00. The summed E-state index contributed by atoms with van der Waals surface area (Å²) in [6.07, 6.45) is -2.34. The molecular formula is C6H14NO7+. The van der Waals surface area contributed by atoms with Gasteiger partial charge in [0.2, 0.25) is 0 Å². The van der Waals surface area contributed by atoms with Gasteiger partial charge in [0.25, 0.3) is 0 Å². The summed E-state index contributed by atoms with van der Waals surface area (Å²) < 4.78 is 0. The Morgan fingerprint density at radius 1 is 1.00 bits per heavy atom. The van der Waals surface area contributed by atoms with Crippen molar-refractivity contribution in [1.82, 2.24) is 0 Å². The Morgan fingerprint density at radius 3 is 1.64 bits per heavy atom. The lowest BCUT2D eigenvalue weighted by Gasteiger charge is -2.02. The Bertz CT molecular complexity index is 148. The van der Waals surface area contributed by atoms with Gasteiger partial charge in [0.05, 0.1) is 13.2 Å². The molecule has 2 unspecified atom stereocenters. The number of nitrogens with zero attached hydrogens (tertiary/aromatic N) is 1. The van der Waals surface area contributed by atoms with E-state index in [0.29, 0.717) is 0 Å². The Balaban J connectivity index is 3.46. The van der Waals surface area contributed by atoms with Gasteiger partial charge in [-0.3, -0.25) is 0 Å². The molecule has 0 aliphatic carbocycles. The minimum absolute atomic E-state index is 0.308. The van der Waals surface area contributed by atoms with Crippen LogP contribution in [0.2, 0.25) is 0 Å². The van der Waals surface area contributed by atoms with E-state index in [0.717, 1.165) is 0 Å². The first kappa shape index (κ1) is 13.0. The molecule has 0 radical (unpaired) electrons. The number of aliphatic hydroxyl groups excluding tert-OH is 4. The van der Waals surface area contributed by atoms with E-state index in [1.165, 1.54) is 0 Å². The highest BCUT2D eigenvalue weighted by Gasteiger charge is 2.18. The highest BCUT2D eigenvalue weighted by atomic mass is 17.0. The summed E-state index contributed by atoms with van der Waals surface area (Å²) in [6.45, 7) is -1.91. The quantitative estimate of drug-likeness (QED) is 0.324. The van der Waals surface area contributed by atoms with Crippen molar-refractivity contribution in [3.05, 3.63) is 4.91 Å². The van der Waals surface area contributed by atoms with E-state index in [4.69, 9.17) is 20.4 Å². The van der Waals surface area contributed by atoms with Gasteiger partial charge in [0, 0.05) is 0 Å². The van der Waals surface area contributed by atoms with Gasteiger partial charge in [0.15, 0.2) is 13.2 Å². The van der Waals surface area contributed by atoms with Gasteiger partial charge in [-0.05, 0) is 0 Å². The summed E-state index contributed by atoms with van der Waals surface area (Å²) in [5.41, 5.74) is 0. The van der Waals surface area contributed by atoms with Crippen molar-refractivity contribution >= 4 is 0 Å². The van der Waals surface area contributed by atoms with E-state index in [1.54, 1.807) is 0 Å². The van der Waals surface area contributed by atoms with E-state index in [9.17, 15) is 4.91 Å². The maximum absolute atomic E-state index is 10.6. The fourth-order valence-electron chi connectivity index (χ4n) is 0.436. The van der Waals surface area contributed by atoms with Gasteiger partial charge in [-0.15, -0.1) is 0 Å². The van der Waals surface area contributed by atoms with Gasteiger partial charge in [-0.2, -0.15) is 9.68 Å². The third-order valence-electron chi connectivity index (χ3n) is 1.17. The molecule has 0 rings (SSSR count). The predicted octanol–water partition coefficient (Wildman–Crippen LogP) is -2.67. The van der Waals surface area contributed by atoms with Crippen LogP contribution in [0.4, 0.5) is 0 Å². The third kappa shape index (κ3) is 6.54. The van der Waals surface area contributed by atoms with Crippen LogP contribution in [0, 0.1) is 4.91 Å². The summed E-state index contributed by atoms with van der Waals surface area (Å²) in [6, 6.07) is 0. The lowest BCUT2D eigenvalue weighted by Crippen LogP contribution is -2.27. The van der Waals surface area contributed by atoms with Crippen LogP contribution in [-0.4, -0.2) is 64.1 Å². The summed E-state index contributed by atoms with van der Waals surface area (Å²) in [5, 5.41) is 33.9. The molecule has 0 saturated carbocycles. The normalized spacial score (nSPS) is 14.6. The topological polar surface area (TPSA) is 119 Å². The van der Waals surface area contributed by atoms with E-state index >= 15 is 0 Å². The molecule has 0 heterocycles. The maximum atomic E-state index is 10.6. The number of aliphatic hydroxyl groups is 4. The molecule has 0 amide bonds. The Labute approximate surface area is 79.8 Å². The van der Waals surface area contributed by atoms with E-state index in [2.05, 4.69) is 9.68 Å². The second-order valence-corrected chi connectivity index (χ2v) is 2.49. The van der Waals surface area contributed by atoms with E-state index in [1.807, 2.05) is 0 Å². The summed E-state index contributed by atoms with van der Waals surface area (Å²) >= 11 is 0. The SMILES string of the molecule is O=[N+](OCC(O)CO)OCC(O)CO. The molecule has 0 aliphatic rings. The molecule has 84 valence electrons. The standard InChI is InChI=1S/C6H14NO7/c8-1-5(10)3-13-7(12)14-4-6(11)2-9/h5-6,8-11H,1-4H2/q+1. The fourth-order valence-corrected chi connectivity index (χ4v) is 0.436. The summed E-state index contributed by atoms with van der Waals surface area (Å²) in [5.74, 6) is 0. The van der Waals surface area contributed by atoms with Crippen LogP contribution in [-0.2, 0) is 9.68 Å². The molecule has 4 N–H and O–H groups in total. The lowest BCUT2D eigenvalue weighted by molar-refractivity contribution is -0.982. The smallest absolute Gasteiger partial charge is 0.394 e. The minimum Gasteiger partial charge on any atom is -0.394 e. The zero-order valence-electron chi connectivity index (χ0n) is 7.44. The summed E-state index contributed by atoms with van der Waals surface area (Å²) in [7, 11) is 0. The first-order valence-electron chi connectivity index (χ1n) is 3.91. The molecule has 0 aromatic carbocycles. The van der Waals surface area contributed by atoms with Crippen LogP contribution in [0.1, 0.15) is 0 Å². The Morgan fingerprint density at radius 2 is 1.36 bits per heavy atom. The van der Waals surface area contributed by atoms with Crippen LogP contribution in [0.3, 0.4) is 0 Å². The van der Waals surface area contributed by atoms with E-state index in [-0.39, 0.29) is 5.09 Å². The van der Waals surface area contributed by atoms with Crippen molar-refractivity contribution in [3.63, 3.8) is 0 Å². The number of hydrogen-bond acceptors (Lipinski definition) is 7. The van der Waals surface area contributed by atoms with Crippen molar-refractivity contribution in [2.75, 3.05) is 26.4 Å². The molecule has 8 heteroatoms. The predicted molar refractivity (Wildman–Crippen MR) is 41.7 cm³/mol. The molecule has 0 aromatic rings. The second-order valence-electron chi connectivity index (χ2n) is 2.49. The third-order valence-corrected chi connectivity index (χ3v) is 1.17. The average molecular weight is 212 g/mol. The van der Waals surface area contributed by atoms with Crippen molar-refractivity contribution in [3.8, 4) is 0 Å². The summed E-state index contributed by atoms with van der Waals surface area (Å²) in [4.78, 5) is 19.1. The lowest BCUT2D eigenvalue weighted by atomic mass is 10.4. The number of hydrogen-bond donors (Lipinski definition) is 4. The molecule has 0 aliphatic heterocycles. The first-order valence-corrected chi connectivity index (χ1v) is 3.91. The Kier molecular flexibility index (Phi) is 6.93. The number of rotatable bonds is 8. The van der Waals surface area contributed by atoms with Crippen molar-refractivity contribution in [1.29, 1.82) is 0 Å². The van der Waals surface area contributed by atoms with Crippen LogP contribution < -0.4 is 0 Å². The highest BCUT2D eigenvalue weighted by molar-refractivity contribution is 4.46. The van der Waals surface area contributed by atoms with Gasteiger partial charge >= 0.3 is 5.09 Å². The largest absolute Gasteiger partial charge is 0.477 e. The van der Waals surface area contributed by atoms with Crippen LogP contribution in [0.15, 0.2) is 0 Å². The van der Waals surface area contributed by atoms with Gasteiger partial charge < -0.3 is 20.4 Å².